The second-order valence-electron chi connectivity index (χ2n) is 4.76. The maximum absolute atomic E-state index is 12.0. The van der Waals surface area contributed by atoms with Crippen LogP contribution in [-0.4, -0.2) is 44.1 Å². The first kappa shape index (κ1) is 15.7. The molecule has 1 aliphatic rings. The molecule has 1 amide bonds. The molecule has 1 heterocycles. The maximum atomic E-state index is 12.0. The van der Waals surface area contributed by atoms with Crippen LogP contribution in [0.15, 0.2) is 24.3 Å². The highest BCUT2D eigenvalue weighted by atomic mass is 32.2. The van der Waals surface area contributed by atoms with E-state index < -0.39 is 9.84 Å². The van der Waals surface area contributed by atoms with Gasteiger partial charge in [0.25, 0.3) is 5.91 Å². The molecular weight excluding hydrogens is 312 g/mol. The number of benzene rings is 1. The SMILES string of the molecule is COc1ccc(C(=O)NC(=S)NC2CCS(=O)(=O)C2)cc1. The monoisotopic (exact) mass is 328 g/mol. The molecule has 1 aromatic carbocycles. The lowest BCUT2D eigenvalue weighted by atomic mass is 10.2. The lowest BCUT2D eigenvalue weighted by Crippen LogP contribution is -2.44. The molecule has 2 N–H and O–H groups in total. The average Bonchev–Trinajstić information content (AvgIpc) is 2.77. The molecule has 0 aromatic heterocycles. The zero-order valence-corrected chi connectivity index (χ0v) is 13.1. The van der Waals surface area contributed by atoms with Gasteiger partial charge in [0.2, 0.25) is 0 Å². The first-order valence-electron chi connectivity index (χ1n) is 6.36. The number of carbonyl (C=O) groups is 1. The zero-order chi connectivity index (χ0) is 15.5. The molecule has 0 bridgehead atoms. The Morgan fingerprint density at radius 2 is 2.00 bits per heavy atom. The highest BCUT2D eigenvalue weighted by Crippen LogP contribution is 2.12. The quantitative estimate of drug-likeness (QED) is 0.786. The van der Waals surface area contributed by atoms with Crippen molar-refractivity contribution in [3.8, 4) is 5.75 Å². The van der Waals surface area contributed by atoms with Crippen LogP contribution in [0.5, 0.6) is 5.75 Å². The van der Waals surface area contributed by atoms with Gasteiger partial charge in [-0.3, -0.25) is 10.1 Å². The van der Waals surface area contributed by atoms with Gasteiger partial charge in [0.1, 0.15) is 5.75 Å². The molecule has 21 heavy (non-hydrogen) atoms. The van der Waals surface area contributed by atoms with Crippen LogP contribution in [0.1, 0.15) is 16.8 Å². The fourth-order valence-corrected chi connectivity index (χ4v) is 3.98. The van der Waals surface area contributed by atoms with Gasteiger partial charge < -0.3 is 10.1 Å². The molecule has 1 saturated heterocycles. The highest BCUT2D eigenvalue weighted by molar-refractivity contribution is 7.91. The molecule has 1 fully saturated rings. The fourth-order valence-electron chi connectivity index (χ4n) is 2.05. The number of hydrogen-bond donors (Lipinski definition) is 2. The van der Waals surface area contributed by atoms with Crippen LogP contribution >= 0.6 is 12.2 Å². The Hall–Kier alpha value is -1.67. The fraction of sp³-hybridized carbons (Fsp3) is 0.385. The van der Waals surface area contributed by atoms with Gasteiger partial charge in [-0.15, -0.1) is 0 Å². The van der Waals surface area contributed by atoms with Crippen molar-refractivity contribution in [2.75, 3.05) is 18.6 Å². The Balaban J connectivity index is 1.88. The van der Waals surface area contributed by atoms with Crippen molar-refractivity contribution in [3.05, 3.63) is 29.8 Å². The van der Waals surface area contributed by atoms with E-state index in [1.165, 1.54) is 0 Å². The third-order valence-electron chi connectivity index (χ3n) is 3.15. The molecular formula is C13H16N2O4S2. The first-order chi connectivity index (χ1) is 9.89. The van der Waals surface area contributed by atoms with E-state index >= 15 is 0 Å². The zero-order valence-electron chi connectivity index (χ0n) is 11.5. The molecule has 6 nitrogen and oxygen atoms in total. The summed E-state index contributed by atoms with van der Waals surface area (Å²) < 4.78 is 27.7. The van der Waals surface area contributed by atoms with Crippen LogP contribution in [0.2, 0.25) is 0 Å². The van der Waals surface area contributed by atoms with E-state index in [-0.39, 0.29) is 28.6 Å². The Morgan fingerprint density at radius 3 is 2.52 bits per heavy atom. The largest absolute Gasteiger partial charge is 0.497 e. The van der Waals surface area contributed by atoms with Gasteiger partial charge in [0.15, 0.2) is 14.9 Å². The standard InChI is InChI=1S/C13H16N2O4S2/c1-19-11-4-2-9(3-5-11)12(16)15-13(20)14-10-6-7-21(17,18)8-10/h2-5,10H,6-8H2,1H3,(H2,14,15,16,20). The molecule has 8 heteroatoms. The average molecular weight is 328 g/mol. The third-order valence-corrected chi connectivity index (χ3v) is 5.13. The number of thiocarbonyl (C=S) groups is 1. The van der Waals surface area contributed by atoms with E-state index in [4.69, 9.17) is 17.0 Å². The van der Waals surface area contributed by atoms with Gasteiger partial charge in [-0.1, -0.05) is 0 Å². The number of ether oxygens (including phenoxy) is 1. The van der Waals surface area contributed by atoms with Crippen molar-refractivity contribution < 1.29 is 17.9 Å². The summed E-state index contributed by atoms with van der Waals surface area (Å²) in [5.41, 5.74) is 0.444. The third kappa shape index (κ3) is 4.40. The Labute approximate surface area is 128 Å². The van der Waals surface area contributed by atoms with Crippen molar-refractivity contribution in [1.29, 1.82) is 0 Å². The van der Waals surface area contributed by atoms with Crippen molar-refractivity contribution in [2.45, 2.75) is 12.5 Å². The summed E-state index contributed by atoms with van der Waals surface area (Å²) in [7, 11) is -1.43. The van der Waals surface area contributed by atoms with E-state index in [0.29, 0.717) is 17.7 Å². The van der Waals surface area contributed by atoms with Crippen LogP contribution in [0.3, 0.4) is 0 Å². The number of amides is 1. The second kappa shape index (κ2) is 6.40. The van der Waals surface area contributed by atoms with E-state index in [2.05, 4.69) is 10.6 Å². The molecule has 1 aliphatic heterocycles. The molecule has 0 spiro atoms. The molecule has 0 aliphatic carbocycles. The van der Waals surface area contributed by atoms with Gasteiger partial charge in [-0.2, -0.15) is 0 Å². The predicted molar refractivity (Wildman–Crippen MR) is 83.3 cm³/mol. The van der Waals surface area contributed by atoms with Gasteiger partial charge in [0, 0.05) is 11.6 Å². The summed E-state index contributed by atoms with van der Waals surface area (Å²) in [5, 5.41) is 5.52. The summed E-state index contributed by atoms with van der Waals surface area (Å²) in [5.74, 6) is 0.505. The summed E-state index contributed by atoms with van der Waals surface area (Å²) >= 11 is 5.03. The van der Waals surface area contributed by atoms with Gasteiger partial charge in [0.05, 0.1) is 18.6 Å². The minimum Gasteiger partial charge on any atom is -0.497 e. The second-order valence-corrected chi connectivity index (χ2v) is 7.39. The minimum atomic E-state index is -2.98. The van der Waals surface area contributed by atoms with Gasteiger partial charge in [-0.05, 0) is 42.9 Å². The van der Waals surface area contributed by atoms with E-state index in [1.54, 1.807) is 31.4 Å². The molecule has 0 radical (unpaired) electrons. The number of methoxy groups -OCH3 is 1. The van der Waals surface area contributed by atoms with E-state index in [9.17, 15) is 13.2 Å². The van der Waals surface area contributed by atoms with E-state index in [1.807, 2.05) is 0 Å². The van der Waals surface area contributed by atoms with E-state index in [0.717, 1.165) is 0 Å². The van der Waals surface area contributed by atoms with Crippen LogP contribution in [0.4, 0.5) is 0 Å². The molecule has 2 rings (SSSR count). The summed E-state index contributed by atoms with van der Waals surface area (Å²) in [6.07, 6.45) is 0.501. The topological polar surface area (TPSA) is 84.5 Å². The van der Waals surface area contributed by atoms with Crippen molar-refractivity contribution in [2.24, 2.45) is 0 Å². The number of rotatable bonds is 3. The lowest BCUT2D eigenvalue weighted by Gasteiger charge is -2.14. The minimum absolute atomic E-state index is 0.0472. The van der Waals surface area contributed by atoms with Crippen molar-refractivity contribution >= 4 is 33.1 Å². The normalized spacial score (nSPS) is 19.8. The first-order valence-corrected chi connectivity index (χ1v) is 8.59. The number of nitrogens with one attached hydrogen (secondary N) is 2. The predicted octanol–water partition coefficient (Wildman–Crippen LogP) is 0.487. The summed E-state index contributed by atoms with van der Waals surface area (Å²) in [4.78, 5) is 12.0. The molecule has 1 unspecified atom stereocenters. The van der Waals surface area contributed by atoms with Crippen molar-refractivity contribution in [3.63, 3.8) is 0 Å². The highest BCUT2D eigenvalue weighted by Gasteiger charge is 2.28. The van der Waals surface area contributed by atoms with Crippen LogP contribution in [-0.2, 0) is 9.84 Å². The summed E-state index contributed by atoms with van der Waals surface area (Å²) in [6, 6.07) is 6.36. The van der Waals surface area contributed by atoms with Gasteiger partial charge >= 0.3 is 0 Å². The number of hydrogen-bond acceptors (Lipinski definition) is 5. The van der Waals surface area contributed by atoms with Gasteiger partial charge in [-0.25, -0.2) is 8.42 Å². The smallest absolute Gasteiger partial charge is 0.257 e. The summed E-state index contributed by atoms with van der Waals surface area (Å²) in [6.45, 7) is 0. The molecule has 1 atom stereocenters. The number of carbonyl (C=O) groups excluding carboxylic acids is 1. The molecule has 1 aromatic rings. The van der Waals surface area contributed by atoms with Crippen LogP contribution in [0, 0.1) is 0 Å². The Bertz CT molecular complexity index is 641. The Kier molecular flexibility index (Phi) is 4.79. The lowest BCUT2D eigenvalue weighted by molar-refractivity contribution is 0.0976. The molecule has 0 saturated carbocycles. The van der Waals surface area contributed by atoms with Crippen molar-refractivity contribution in [1.82, 2.24) is 10.6 Å². The number of sulfone groups is 1. The van der Waals surface area contributed by atoms with Crippen LogP contribution in [0.25, 0.3) is 0 Å². The Morgan fingerprint density at radius 1 is 1.33 bits per heavy atom. The van der Waals surface area contributed by atoms with Crippen LogP contribution < -0.4 is 15.4 Å². The molecule has 114 valence electrons. The maximum Gasteiger partial charge on any atom is 0.257 e.